The van der Waals surface area contributed by atoms with Crippen LogP contribution in [0.3, 0.4) is 0 Å². The molecule has 0 aliphatic heterocycles. The van der Waals surface area contributed by atoms with Crippen molar-refractivity contribution in [2.24, 2.45) is 0 Å². The van der Waals surface area contributed by atoms with E-state index in [1.165, 1.54) is 0 Å². The Morgan fingerprint density at radius 1 is 0.929 bits per heavy atom. The predicted molar refractivity (Wildman–Crippen MR) is 36.1 cm³/mol. The summed E-state index contributed by atoms with van der Waals surface area (Å²) in [5, 5.41) is 0. The van der Waals surface area contributed by atoms with Gasteiger partial charge in [0.15, 0.2) is 17.5 Å². The average Bonchev–Trinajstić information content (AvgIpc) is 2.19. The molecule has 1 aromatic carbocycles. The summed E-state index contributed by atoms with van der Waals surface area (Å²) in [7, 11) is -2.37. The van der Waals surface area contributed by atoms with Crippen LogP contribution in [-0.2, 0) is 9.72 Å². The molecule has 8 heteroatoms. The lowest BCUT2D eigenvalue weighted by Crippen LogP contribution is -2.36. The highest BCUT2D eigenvalue weighted by atomic mass is 19.3. The summed E-state index contributed by atoms with van der Waals surface area (Å²) in [4.78, 5) is 5.67. The quantitative estimate of drug-likeness (QED) is 0.430. The first kappa shape index (κ1) is 10.9. The van der Waals surface area contributed by atoms with Crippen LogP contribution in [0.25, 0.3) is 0 Å². The van der Waals surface area contributed by atoms with Gasteiger partial charge in [0.2, 0.25) is 0 Å². The molecule has 0 saturated carbocycles. The molecular formula is C6H2BF5O2. The zero-order chi connectivity index (χ0) is 10.7. The van der Waals surface area contributed by atoms with E-state index >= 15 is 0 Å². The fourth-order valence-corrected chi connectivity index (χ4v) is 0.833. The number of hydrogen-bond acceptors (Lipinski definition) is 2. The zero-order valence-corrected chi connectivity index (χ0v) is 6.44. The van der Waals surface area contributed by atoms with E-state index in [4.69, 9.17) is 0 Å². The molecular weight excluding hydrogens is 210 g/mol. The van der Waals surface area contributed by atoms with E-state index < -0.39 is 30.0 Å². The van der Waals surface area contributed by atoms with Gasteiger partial charge in [-0.15, -0.1) is 0 Å². The van der Waals surface area contributed by atoms with Crippen molar-refractivity contribution in [1.29, 1.82) is 0 Å². The van der Waals surface area contributed by atoms with Gasteiger partial charge >= 0.3 is 7.12 Å². The standard InChI is InChI=1S/C6H2BF5O2/c8-4-2-1-3(5(9)6(4)10)7(13-11)14-12/h1-2H. The van der Waals surface area contributed by atoms with Crippen LogP contribution in [0.15, 0.2) is 12.1 Å². The van der Waals surface area contributed by atoms with Crippen LogP contribution in [-0.4, -0.2) is 7.12 Å². The fourth-order valence-electron chi connectivity index (χ4n) is 0.833. The van der Waals surface area contributed by atoms with E-state index in [0.717, 1.165) is 0 Å². The molecule has 0 aliphatic carbocycles. The first-order valence-electron chi connectivity index (χ1n) is 3.30. The largest absolute Gasteiger partial charge is 0.571 e. The monoisotopic (exact) mass is 212 g/mol. The molecule has 0 unspecified atom stereocenters. The smallest absolute Gasteiger partial charge is 0.214 e. The Hall–Kier alpha value is -1.15. The van der Waals surface area contributed by atoms with Gasteiger partial charge in [-0.2, -0.15) is 0 Å². The van der Waals surface area contributed by atoms with Crippen molar-refractivity contribution in [3.63, 3.8) is 0 Å². The fraction of sp³-hybridized carbons (Fsp3) is 0. The summed E-state index contributed by atoms with van der Waals surface area (Å²) in [5.74, 6) is -5.12. The Labute approximate surface area is 75.2 Å². The lowest BCUT2D eigenvalue weighted by Gasteiger charge is -2.04. The summed E-state index contributed by atoms with van der Waals surface area (Å²) in [5.41, 5.74) is -0.922. The molecule has 76 valence electrons. The summed E-state index contributed by atoms with van der Waals surface area (Å²) >= 11 is 0. The van der Waals surface area contributed by atoms with E-state index in [0.29, 0.717) is 12.1 Å². The van der Waals surface area contributed by atoms with Crippen LogP contribution in [0, 0.1) is 17.5 Å². The minimum absolute atomic E-state index is 0.485. The maximum atomic E-state index is 12.8. The van der Waals surface area contributed by atoms with Crippen LogP contribution < -0.4 is 5.46 Å². The molecule has 1 rings (SSSR count). The molecule has 0 radical (unpaired) electrons. The van der Waals surface area contributed by atoms with E-state index in [1.54, 1.807) is 0 Å². The number of rotatable bonds is 3. The summed E-state index contributed by atoms with van der Waals surface area (Å²) in [6, 6.07) is 1.08. The Balaban J connectivity index is 3.16. The second kappa shape index (κ2) is 4.38. The van der Waals surface area contributed by atoms with Crippen LogP contribution in [0.1, 0.15) is 0 Å². The second-order valence-electron chi connectivity index (χ2n) is 2.27. The number of benzene rings is 1. The molecule has 0 aliphatic rings. The topological polar surface area (TPSA) is 18.5 Å². The molecule has 14 heavy (non-hydrogen) atoms. The summed E-state index contributed by atoms with van der Waals surface area (Å²) in [6.45, 7) is 0. The van der Waals surface area contributed by atoms with Crippen LogP contribution in [0.2, 0.25) is 0 Å². The average molecular weight is 212 g/mol. The van der Waals surface area contributed by atoms with Gasteiger partial charge in [0, 0.05) is 5.46 Å². The third-order valence-corrected chi connectivity index (χ3v) is 1.48. The Bertz CT molecular complexity index is 330. The molecule has 0 atom stereocenters. The molecule has 0 aromatic heterocycles. The van der Waals surface area contributed by atoms with E-state index in [1.807, 2.05) is 0 Å². The third kappa shape index (κ3) is 1.85. The van der Waals surface area contributed by atoms with Gasteiger partial charge < -0.3 is 0 Å². The lowest BCUT2D eigenvalue weighted by atomic mass is 9.79. The first-order chi connectivity index (χ1) is 6.61. The van der Waals surface area contributed by atoms with Gasteiger partial charge in [-0.1, -0.05) is 15.1 Å². The minimum atomic E-state index is -2.37. The predicted octanol–water partition coefficient (Wildman–Crippen LogP) is 1.60. The van der Waals surface area contributed by atoms with E-state index in [9.17, 15) is 22.2 Å². The molecule has 2 nitrogen and oxygen atoms in total. The van der Waals surface area contributed by atoms with Gasteiger partial charge in [0.1, 0.15) is 0 Å². The summed E-state index contributed by atoms with van der Waals surface area (Å²) in [6.07, 6.45) is 0. The van der Waals surface area contributed by atoms with Gasteiger partial charge in [0.05, 0.1) is 0 Å². The summed E-state index contributed by atoms with van der Waals surface area (Å²) < 4.78 is 60.7. The third-order valence-electron chi connectivity index (χ3n) is 1.48. The maximum Gasteiger partial charge on any atom is 0.571 e. The molecule has 0 heterocycles. The molecule has 0 spiro atoms. The Kier molecular flexibility index (Phi) is 3.42. The lowest BCUT2D eigenvalue weighted by molar-refractivity contribution is -0.100. The second-order valence-corrected chi connectivity index (χ2v) is 2.27. The van der Waals surface area contributed by atoms with Crippen LogP contribution in [0.5, 0.6) is 0 Å². The van der Waals surface area contributed by atoms with Gasteiger partial charge in [-0.05, 0) is 6.07 Å². The molecule has 1 aromatic rings. The van der Waals surface area contributed by atoms with E-state index in [-0.39, 0.29) is 0 Å². The van der Waals surface area contributed by atoms with E-state index in [2.05, 4.69) is 9.72 Å². The van der Waals surface area contributed by atoms with Crippen molar-refractivity contribution in [2.75, 3.05) is 0 Å². The number of hydrogen-bond donors (Lipinski definition) is 0. The number of halogens is 5. The molecule has 0 saturated heterocycles. The zero-order valence-electron chi connectivity index (χ0n) is 6.44. The highest BCUT2D eigenvalue weighted by molar-refractivity contribution is 6.60. The van der Waals surface area contributed by atoms with Crippen LogP contribution >= 0.6 is 0 Å². The highest BCUT2D eigenvalue weighted by Crippen LogP contribution is 2.09. The molecule has 0 N–H and O–H groups in total. The van der Waals surface area contributed by atoms with Crippen LogP contribution in [0.4, 0.5) is 22.2 Å². The minimum Gasteiger partial charge on any atom is -0.214 e. The SMILES string of the molecule is FOB(OF)c1ccc(F)c(F)c1F. The molecule has 0 amide bonds. The van der Waals surface area contributed by atoms with Gasteiger partial charge in [-0.25, -0.2) is 22.9 Å². The van der Waals surface area contributed by atoms with Crippen molar-refractivity contribution < 1.29 is 31.9 Å². The van der Waals surface area contributed by atoms with Crippen molar-refractivity contribution in [3.05, 3.63) is 29.6 Å². The molecule has 0 fully saturated rings. The Morgan fingerprint density at radius 3 is 2.00 bits per heavy atom. The highest BCUT2D eigenvalue weighted by Gasteiger charge is 2.30. The van der Waals surface area contributed by atoms with Gasteiger partial charge in [-0.3, -0.25) is 0 Å². The Morgan fingerprint density at radius 2 is 1.50 bits per heavy atom. The van der Waals surface area contributed by atoms with Crippen molar-refractivity contribution >= 4 is 12.6 Å². The molecule has 0 bridgehead atoms. The normalized spacial score (nSPS) is 10.4. The first-order valence-corrected chi connectivity index (χ1v) is 3.30. The van der Waals surface area contributed by atoms with Crippen molar-refractivity contribution in [3.8, 4) is 0 Å². The van der Waals surface area contributed by atoms with Gasteiger partial charge in [0.25, 0.3) is 0 Å². The maximum absolute atomic E-state index is 12.8. The van der Waals surface area contributed by atoms with Crippen molar-refractivity contribution in [1.82, 2.24) is 0 Å². The van der Waals surface area contributed by atoms with Crippen molar-refractivity contribution in [2.45, 2.75) is 0 Å².